The molecule has 0 unspecified atom stereocenters. The Bertz CT molecular complexity index is 1150. The van der Waals surface area contributed by atoms with Crippen LogP contribution in [0.4, 0.5) is 5.69 Å². The van der Waals surface area contributed by atoms with Crippen molar-refractivity contribution >= 4 is 23.1 Å². The van der Waals surface area contributed by atoms with Crippen molar-refractivity contribution in [2.75, 3.05) is 5.32 Å². The fourth-order valence-electron chi connectivity index (χ4n) is 2.73. The molecule has 0 saturated heterocycles. The van der Waals surface area contributed by atoms with Crippen LogP contribution in [0.2, 0.25) is 5.02 Å². The van der Waals surface area contributed by atoms with E-state index in [9.17, 15) is 4.79 Å². The number of halogens is 1. The van der Waals surface area contributed by atoms with Gasteiger partial charge >= 0.3 is 0 Å². The summed E-state index contributed by atoms with van der Waals surface area (Å²) in [6.45, 7) is 2.42. The number of hydrogen-bond donors (Lipinski definition) is 2. The van der Waals surface area contributed by atoms with Crippen LogP contribution in [0, 0.1) is 6.92 Å². The Morgan fingerprint density at radius 3 is 2.81 bits per heavy atom. The van der Waals surface area contributed by atoms with Gasteiger partial charge in [-0.2, -0.15) is 9.50 Å². The average Bonchev–Trinajstić information content (AvgIpc) is 3.06. The second-order valence-electron chi connectivity index (χ2n) is 6.01. The number of nitrogens with zero attached hydrogens (tertiary/aromatic N) is 3. The lowest BCUT2D eigenvalue weighted by Gasteiger charge is -2.08. The van der Waals surface area contributed by atoms with Gasteiger partial charge in [0.1, 0.15) is 0 Å². The summed E-state index contributed by atoms with van der Waals surface area (Å²) in [6, 6.07) is 16.8. The summed E-state index contributed by atoms with van der Waals surface area (Å²) < 4.78 is 1.27. The lowest BCUT2D eigenvalue weighted by molar-refractivity contribution is 0.879. The first-order chi connectivity index (χ1) is 12.6. The van der Waals surface area contributed by atoms with Crippen molar-refractivity contribution in [3.05, 3.63) is 81.2 Å². The highest BCUT2D eigenvalue weighted by atomic mass is 35.5. The molecule has 7 heteroatoms. The largest absolute Gasteiger partial charge is 0.378 e. The molecule has 0 aliphatic rings. The number of nitrogens with one attached hydrogen (secondary N) is 2. The van der Waals surface area contributed by atoms with Crippen LogP contribution in [0.25, 0.3) is 17.2 Å². The van der Waals surface area contributed by atoms with Crippen LogP contribution in [0.5, 0.6) is 0 Å². The third-order valence-corrected chi connectivity index (χ3v) is 4.33. The van der Waals surface area contributed by atoms with Gasteiger partial charge in [-0.05, 0) is 25.1 Å². The molecule has 0 aliphatic carbocycles. The molecular weight excluding hydrogens is 350 g/mol. The summed E-state index contributed by atoms with van der Waals surface area (Å²) in [4.78, 5) is 20.0. The minimum atomic E-state index is -0.235. The SMILES string of the molecule is Cc1cccc(-c2nc3[nH]c(CNc4ccccc4Cl)cc(=O)n3n2)c1. The van der Waals surface area contributed by atoms with E-state index in [1.165, 1.54) is 10.6 Å². The molecule has 0 aliphatic heterocycles. The minimum Gasteiger partial charge on any atom is -0.378 e. The molecular formula is C19H16ClN5O. The third kappa shape index (κ3) is 3.19. The summed E-state index contributed by atoms with van der Waals surface area (Å²) in [6.07, 6.45) is 0. The molecule has 2 heterocycles. The second kappa shape index (κ2) is 6.65. The van der Waals surface area contributed by atoms with Crippen LogP contribution < -0.4 is 10.9 Å². The monoisotopic (exact) mass is 365 g/mol. The average molecular weight is 366 g/mol. The maximum atomic E-state index is 12.4. The van der Waals surface area contributed by atoms with Crippen LogP contribution in [0.1, 0.15) is 11.3 Å². The van der Waals surface area contributed by atoms with Gasteiger partial charge in [-0.1, -0.05) is 47.5 Å². The molecule has 0 bridgehead atoms. The van der Waals surface area contributed by atoms with Crippen LogP contribution in [0.15, 0.2) is 59.4 Å². The van der Waals surface area contributed by atoms with Crippen LogP contribution in [-0.4, -0.2) is 19.6 Å². The summed E-state index contributed by atoms with van der Waals surface area (Å²) >= 11 is 6.14. The molecule has 2 N–H and O–H groups in total. The van der Waals surface area contributed by atoms with Gasteiger partial charge in [-0.25, -0.2) is 0 Å². The van der Waals surface area contributed by atoms with E-state index in [2.05, 4.69) is 20.4 Å². The predicted octanol–water partition coefficient (Wildman–Crippen LogP) is 3.66. The van der Waals surface area contributed by atoms with Crippen LogP contribution >= 0.6 is 11.6 Å². The number of H-pyrrole nitrogens is 1. The van der Waals surface area contributed by atoms with E-state index >= 15 is 0 Å². The summed E-state index contributed by atoms with van der Waals surface area (Å²) in [5.74, 6) is 0.920. The van der Waals surface area contributed by atoms with E-state index < -0.39 is 0 Å². The normalized spacial score (nSPS) is 11.0. The first-order valence-electron chi connectivity index (χ1n) is 8.14. The zero-order chi connectivity index (χ0) is 18.1. The Morgan fingerprint density at radius 1 is 1.15 bits per heavy atom. The second-order valence-corrected chi connectivity index (χ2v) is 6.41. The molecule has 26 heavy (non-hydrogen) atoms. The van der Waals surface area contributed by atoms with Crippen molar-refractivity contribution < 1.29 is 0 Å². The molecule has 2 aromatic heterocycles. The van der Waals surface area contributed by atoms with E-state index in [0.717, 1.165) is 16.8 Å². The van der Waals surface area contributed by atoms with Gasteiger partial charge in [-0.3, -0.25) is 4.79 Å². The molecule has 0 amide bonds. The number of aryl methyl sites for hydroxylation is 1. The molecule has 4 rings (SSSR count). The van der Waals surface area contributed by atoms with E-state index in [-0.39, 0.29) is 5.56 Å². The van der Waals surface area contributed by atoms with E-state index in [4.69, 9.17) is 11.6 Å². The molecule has 0 atom stereocenters. The van der Waals surface area contributed by atoms with Gasteiger partial charge in [0.25, 0.3) is 5.56 Å². The molecule has 0 spiro atoms. The topological polar surface area (TPSA) is 75.1 Å². The maximum Gasteiger partial charge on any atom is 0.275 e. The lowest BCUT2D eigenvalue weighted by Crippen LogP contribution is -2.17. The number of aromatic amines is 1. The fourth-order valence-corrected chi connectivity index (χ4v) is 2.94. The Balaban J connectivity index is 1.66. The Hall–Kier alpha value is -3.12. The molecule has 2 aromatic carbocycles. The van der Waals surface area contributed by atoms with Crippen molar-refractivity contribution in [3.63, 3.8) is 0 Å². The number of para-hydroxylation sites is 1. The molecule has 6 nitrogen and oxygen atoms in total. The van der Waals surface area contributed by atoms with Crippen molar-refractivity contribution in [1.82, 2.24) is 19.6 Å². The van der Waals surface area contributed by atoms with E-state index in [0.29, 0.717) is 28.9 Å². The summed E-state index contributed by atoms with van der Waals surface area (Å²) in [7, 11) is 0. The molecule has 130 valence electrons. The van der Waals surface area contributed by atoms with Gasteiger partial charge < -0.3 is 10.3 Å². The number of anilines is 1. The first kappa shape index (κ1) is 16.4. The number of benzene rings is 2. The molecule has 0 saturated carbocycles. The van der Waals surface area contributed by atoms with Crippen LogP contribution in [0.3, 0.4) is 0 Å². The fraction of sp³-hybridized carbons (Fsp3) is 0.105. The van der Waals surface area contributed by atoms with E-state index in [1.54, 1.807) is 0 Å². The van der Waals surface area contributed by atoms with Crippen LogP contribution in [-0.2, 0) is 6.54 Å². The van der Waals surface area contributed by atoms with Gasteiger partial charge in [-0.15, -0.1) is 5.10 Å². The third-order valence-electron chi connectivity index (χ3n) is 4.01. The van der Waals surface area contributed by atoms with E-state index in [1.807, 2.05) is 55.5 Å². The number of rotatable bonds is 4. The number of fused-ring (bicyclic) bond motifs is 1. The molecule has 4 aromatic rings. The highest BCUT2D eigenvalue weighted by Crippen LogP contribution is 2.21. The highest BCUT2D eigenvalue weighted by molar-refractivity contribution is 6.33. The predicted molar refractivity (Wildman–Crippen MR) is 103 cm³/mol. The van der Waals surface area contributed by atoms with Gasteiger partial charge in [0.15, 0.2) is 5.82 Å². The Labute approximate surface area is 154 Å². The smallest absolute Gasteiger partial charge is 0.275 e. The summed E-state index contributed by atoms with van der Waals surface area (Å²) in [5.41, 5.74) is 3.25. The molecule has 0 fully saturated rings. The zero-order valence-corrected chi connectivity index (χ0v) is 14.8. The number of aromatic nitrogens is 4. The van der Waals surface area contributed by atoms with Crippen molar-refractivity contribution in [3.8, 4) is 11.4 Å². The lowest BCUT2D eigenvalue weighted by atomic mass is 10.1. The van der Waals surface area contributed by atoms with Crippen molar-refractivity contribution in [2.24, 2.45) is 0 Å². The number of hydrogen-bond acceptors (Lipinski definition) is 4. The van der Waals surface area contributed by atoms with Gasteiger partial charge in [0, 0.05) is 17.3 Å². The van der Waals surface area contributed by atoms with Gasteiger partial charge in [0.05, 0.1) is 17.3 Å². The standard InChI is InChI=1S/C19H16ClN5O/c1-12-5-4-6-13(9-12)18-23-19-22-14(10-17(26)25(19)24-18)11-21-16-8-3-2-7-15(16)20/h2-10,21H,11H2,1H3,(H,22,23,24). The van der Waals surface area contributed by atoms with Gasteiger partial charge in [0.2, 0.25) is 5.78 Å². The van der Waals surface area contributed by atoms with Crippen molar-refractivity contribution in [1.29, 1.82) is 0 Å². The Kier molecular flexibility index (Phi) is 4.18. The first-order valence-corrected chi connectivity index (χ1v) is 8.52. The zero-order valence-electron chi connectivity index (χ0n) is 14.0. The highest BCUT2D eigenvalue weighted by Gasteiger charge is 2.10. The maximum absolute atomic E-state index is 12.4. The quantitative estimate of drug-likeness (QED) is 0.578. The Morgan fingerprint density at radius 2 is 2.00 bits per heavy atom. The molecule has 0 radical (unpaired) electrons. The minimum absolute atomic E-state index is 0.235. The summed E-state index contributed by atoms with van der Waals surface area (Å²) in [5, 5.41) is 8.15. The van der Waals surface area contributed by atoms with Crippen molar-refractivity contribution in [2.45, 2.75) is 13.5 Å².